The monoisotopic (exact) mass is 299 g/mol. The third-order valence-corrected chi connectivity index (χ3v) is 5.03. The van der Waals surface area contributed by atoms with Crippen molar-refractivity contribution in [3.05, 3.63) is 23.8 Å². The molecule has 0 radical (unpaired) electrons. The molecule has 1 aliphatic rings. The van der Waals surface area contributed by atoms with Crippen LogP contribution in [0.25, 0.3) is 0 Å². The van der Waals surface area contributed by atoms with Crippen LogP contribution in [0.3, 0.4) is 0 Å². The number of hydrogen-bond acceptors (Lipinski definition) is 5. The van der Waals surface area contributed by atoms with E-state index < -0.39 is 9.84 Å². The fourth-order valence-electron chi connectivity index (χ4n) is 2.38. The lowest BCUT2D eigenvalue weighted by Gasteiger charge is -2.19. The molecule has 1 aliphatic heterocycles. The van der Waals surface area contributed by atoms with Crippen LogP contribution in [0.5, 0.6) is 11.5 Å². The van der Waals surface area contributed by atoms with Crippen LogP contribution in [0.2, 0.25) is 0 Å². The number of sulfone groups is 1. The van der Waals surface area contributed by atoms with Gasteiger partial charge in [0.25, 0.3) is 0 Å². The van der Waals surface area contributed by atoms with E-state index in [1.54, 1.807) is 7.11 Å². The highest BCUT2D eigenvalue weighted by Crippen LogP contribution is 2.34. The molecule has 0 bridgehead atoms. The van der Waals surface area contributed by atoms with Crippen molar-refractivity contribution in [2.24, 2.45) is 5.73 Å². The minimum atomic E-state index is -2.96. The Balaban J connectivity index is 2.24. The maximum Gasteiger partial charge on any atom is 0.164 e. The molecule has 2 rings (SSSR count). The van der Waals surface area contributed by atoms with Gasteiger partial charge in [0.2, 0.25) is 0 Å². The van der Waals surface area contributed by atoms with E-state index in [4.69, 9.17) is 15.2 Å². The molecule has 0 amide bonds. The van der Waals surface area contributed by atoms with Crippen LogP contribution in [0.1, 0.15) is 18.9 Å². The Kier molecular flexibility index (Phi) is 4.55. The number of benzene rings is 1. The predicted molar refractivity (Wildman–Crippen MR) is 78.0 cm³/mol. The van der Waals surface area contributed by atoms with Crippen LogP contribution in [-0.4, -0.2) is 39.2 Å². The van der Waals surface area contributed by atoms with Crippen LogP contribution in [0.15, 0.2) is 18.2 Å². The first kappa shape index (κ1) is 15.1. The normalized spacial score (nSPS) is 22.4. The summed E-state index contributed by atoms with van der Waals surface area (Å²) in [6.07, 6.45) is 0.882. The van der Waals surface area contributed by atoms with Gasteiger partial charge in [0.1, 0.15) is 6.10 Å². The van der Waals surface area contributed by atoms with Gasteiger partial charge in [0.15, 0.2) is 21.3 Å². The Morgan fingerprint density at radius 1 is 1.45 bits per heavy atom. The zero-order valence-corrected chi connectivity index (χ0v) is 12.7. The highest BCUT2D eigenvalue weighted by atomic mass is 32.2. The van der Waals surface area contributed by atoms with E-state index in [1.807, 2.05) is 25.1 Å². The summed E-state index contributed by atoms with van der Waals surface area (Å²) in [6, 6.07) is 5.62. The average molecular weight is 299 g/mol. The molecule has 0 saturated carbocycles. The van der Waals surface area contributed by atoms with Crippen LogP contribution in [-0.2, 0) is 16.3 Å². The Hall–Kier alpha value is -1.27. The molecule has 0 spiro atoms. The summed E-state index contributed by atoms with van der Waals surface area (Å²) in [5.74, 6) is 1.50. The molecule has 2 atom stereocenters. The molecule has 1 saturated heterocycles. The number of methoxy groups -OCH3 is 1. The van der Waals surface area contributed by atoms with Gasteiger partial charge in [-0.05, 0) is 31.4 Å². The van der Waals surface area contributed by atoms with Crippen molar-refractivity contribution in [2.45, 2.75) is 31.9 Å². The van der Waals surface area contributed by atoms with Crippen LogP contribution < -0.4 is 15.2 Å². The van der Waals surface area contributed by atoms with Gasteiger partial charge in [-0.25, -0.2) is 8.42 Å². The average Bonchev–Trinajstić information content (AvgIpc) is 2.70. The summed E-state index contributed by atoms with van der Waals surface area (Å²) < 4.78 is 34.3. The Morgan fingerprint density at radius 3 is 2.75 bits per heavy atom. The molecule has 1 aromatic rings. The third kappa shape index (κ3) is 3.64. The van der Waals surface area contributed by atoms with E-state index in [0.29, 0.717) is 24.3 Å². The van der Waals surface area contributed by atoms with Crippen molar-refractivity contribution in [1.82, 2.24) is 0 Å². The Labute approximate surface area is 120 Å². The second-order valence-corrected chi connectivity index (χ2v) is 7.50. The lowest BCUT2D eigenvalue weighted by atomic mass is 10.1. The third-order valence-electron chi connectivity index (χ3n) is 3.30. The van der Waals surface area contributed by atoms with Crippen LogP contribution in [0, 0.1) is 0 Å². The topological polar surface area (TPSA) is 78.6 Å². The first-order valence-electron chi connectivity index (χ1n) is 6.70. The van der Waals surface area contributed by atoms with E-state index in [0.717, 1.165) is 5.56 Å². The fourth-order valence-corrected chi connectivity index (χ4v) is 3.97. The second-order valence-electron chi connectivity index (χ2n) is 5.27. The standard InChI is InChI=1S/C14H21NO4S/c1-10(15)8-11-4-3-5-13(18-2)14(11)19-12-6-7-20(16,17)9-12/h3-5,10,12H,6-9,15H2,1-2H3. The van der Waals surface area contributed by atoms with Crippen molar-refractivity contribution in [1.29, 1.82) is 0 Å². The maximum atomic E-state index is 11.5. The fraction of sp³-hybridized carbons (Fsp3) is 0.571. The summed E-state index contributed by atoms with van der Waals surface area (Å²) in [5, 5.41) is 0. The van der Waals surface area contributed by atoms with Gasteiger partial charge in [-0.2, -0.15) is 0 Å². The lowest BCUT2D eigenvalue weighted by Crippen LogP contribution is -2.21. The molecule has 5 nitrogen and oxygen atoms in total. The molecular weight excluding hydrogens is 278 g/mol. The van der Waals surface area contributed by atoms with E-state index in [-0.39, 0.29) is 23.7 Å². The predicted octanol–water partition coefficient (Wildman–Crippen LogP) is 1.15. The van der Waals surface area contributed by atoms with Crippen molar-refractivity contribution >= 4 is 9.84 Å². The van der Waals surface area contributed by atoms with Crippen LogP contribution >= 0.6 is 0 Å². The minimum absolute atomic E-state index is 0.00299. The van der Waals surface area contributed by atoms with E-state index >= 15 is 0 Å². The maximum absolute atomic E-state index is 11.5. The molecule has 2 unspecified atom stereocenters. The number of nitrogens with two attached hydrogens (primary N) is 1. The molecule has 1 heterocycles. The lowest BCUT2D eigenvalue weighted by molar-refractivity contribution is 0.215. The quantitative estimate of drug-likeness (QED) is 0.882. The van der Waals surface area contributed by atoms with E-state index in [9.17, 15) is 8.42 Å². The van der Waals surface area contributed by atoms with Gasteiger partial charge >= 0.3 is 0 Å². The Morgan fingerprint density at radius 2 is 2.20 bits per heavy atom. The summed E-state index contributed by atoms with van der Waals surface area (Å²) in [6.45, 7) is 1.92. The van der Waals surface area contributed by atoms with E-state index in [1.165, 1.54) is 0 Å². The highest BCUT2D eigenvalue weighted by Gasteiger charge is 2.30. The van der Waals surface area contributed by atoms with Crippen molar-refractivity contribution in [3.8, 4) is 11.5 Å². The molecule has 2 N–H and O–H groups in total. The molecule has 112 valence electrons. The second kappa shape index (κ2) is 6.01. The molecule has 1 aromatic carbocycles. The highest BCUT2D eigenvalue weighted by molar-refractivity contribution is 7.91. The van der Waals surface area contributed by atoms with Gasteiger partial charge in [0, 0.05) is 6.04 Å². The summed E-state index contributed by atoms with van der Waals surface area (Å²) in [4.78, 5) is 0. The summed E-state index contributed by atoms with van der Waals surface area (Å²) in [7, 11) is -1.39. The van der Waals surface area contributed by atoms with Crippen molar-refractivity contribution in [3.63, 3.8) is 0 Å². The molecule has 20 heavy (non-hydrogen) atoms. The zero-order chi connectivity index (χ0) is 14.8. The van der Waals surface area contributed by atoms with Gasteiger partial charge < -0.3 is 15.2 Å². The molecule has 1 fully saturated rings. The smallest absolute Gasteiger partial charge is 0.164 e. The summed E-state index contributed by atoms with van der Waals surface area (Å²) in [5.41, 5.74) is 6.79. The van der Waals surface area contributed by atoms with Gasteiger partial charge in [-0.3, -0.25) is 0 Å². The van der Waals surface area contributed by atoms with Gasteiger partial charge in [0.05, 0.1) is 18.6 Å². The number of rotatable bonds is 5. The van der Waals surface area contributed by atoms with Gasteiger partial charge in [-0.1, -0.05) is 12.1 Å². The molecule has 0 aliphatic carbocycles. The summed E-state index contributed by atoms with van der Waals surface area (Å²) >= 11 is 0. The zero-order valence-electron chi connectivity index (χ0n) is 11.8. The largest absolute Gasteiger partial charge is 0.493 e. The number of hydrogen-bond donors (Lipinski definition) is 1. The van der Waals surface area contributed by atoms with Gasteiger partial charge in [-0.15, -0.1) is 0 Å². The van der Waals surface area contributed by atoms with Crippen molar-refractivity contribution < 1.29 is 17.9 Å². The number of ether oxygens (including phenoxy) is 2. The Bertz CT molecular complexity index is 569. The molecule has 0 aromatic heterocycles. The van der Waals surface area contributed by atoms with Crippen LogP contribution in [0.4, 0.5) is 0 Å². The molecule has 6 heteroatoms. The SMILES string of the molecule is COc1cccc(CC(C)N)c1OC1CCS(=O)(=O)C1. The van der Waals surface area contributed by atoms with E-state index in [2.05, 4.69) is 0 Å². The number of para-hydroxylation sites is 1. The minimum Gasteiger partial charge on any atom is -0.493 e. The molecular formula is C14H21NO4S. The van der Waals surface area contributed by atoms with Crippen molar-refractivity contribution in [2.75, 3.05) is 18.6 Å². The first-order valence-corrected chi connectivity index (χ1v) is 8.52. The first-order chi connectivity index (χ1) is 9.41.